The second-order valence-electron chi connectivity index (χ2n) is 4.03. The first-order chi connectivity index (χ1) is 8.63. The van der Waals surface area contributed by atoms with Gasteiger partial charge < -0.3 is 20.5 Å². The minimum Gasteiger partial charge on any atom is -0.389 e. The van der Waals surface area contributed by atoms with Gasteiger partial charge in [0.2, 0.25) is 0 Å². The van der Waals surface area contributed by atoms with Gasteiger partial charge in [-0.05, 0) is 31.0 Å². The SMILES string of the molecule is COCCCNC(=O)Nc1cccc(C(C)O)c1. The molecule has 0 radical (unpaired) electrons. The van der Waals surface area contributed by atoms with Crippen LogP contribution in [0.25, 0.3) is 0 Å². The van der Waals surface area contributed by atoms with Crippen molar-refractivity contribution in [1.82, 2.24) is 5.32 Å². The van der Waals surface area contributed by atoms with E-state index in [1.54, 1.807) is 32.2 Å². The molecule has 1 unspecified atom stereocenters. The number of rotatable bonds is 6. The molecule has 2 amide bonds. The molecule has 18 heavy (non-hydrogen) atoms. The number of ether oxygens (including phenoxy) is 1. The number of methoxy groups -OCH3 is 1. The lowest BCUT2D eigenvalue weighted by Gasteiger charge is -2.10. The highest BCUT2D eigenvalue weighted by Crippen LogP contribution is 2.16. The summed E-state index contributed by atoms with van der Waals surface area (Å²) in [6.07, 6.45) is 0.231. The molecule has 0 fully saturated rings. The average Bonchev–Trinajstić information content (AvgIpc) is 2.35. The molecular formula is C13H20N2O3. The Hall–Kier alpha value is -1.59. The van der Waals surface area contributed by atoms with Gasteiger partial charge in [0.15, 0.2) is 0 Å². The predicted octanol–water partition coefficient (Wildman–Crippen LogP) is 1.90. The number of aliphatic hydroxyl groups is 1. The van der Waals surface area contributed by atoms with Crippen molar-refractivity contribution in [2.24, 2.45) is 0 Å². The summed E-state index contributed by atoms with van der Waals surface area (Å²) in [6, 6.07) is 6.88. The third-order valence-electron chi connectivity index (χ3n) is 2.44. The van der Waals surface area contributed by atoms with Gasteiger partial charge in [-0.25, -0.2) is 4.79 Å². The van der Waals surface area contributed by atoms with Gasteiger partial charge in [0.1, 0.15) is 0 Å². The van der Waals surface area contributed by atoms with E-state index in [9.17, 15) is 9.90 Å². The summed E-state index contributed by atoms with van der Waals surface area (Å²) >= 11 is 0. The summed E-state index contributed by atoms with van der Waals surface area (Å²) in [6.45, 7) is 2.87. The summed E-state index contributed by atoms with van der Waals surface area (Å²) < 4.78 is 4.88. The molecule has 1 atom stereocenters. The third kappa shape index (κ3) is 5.16. The van der Waals surface area contributed by atoms with Crippen LogP contribution in [0.2, 0.25) is 0 Å². The molecule has 0 saturated carbocycles. The Morgan fingerprint density at radius 2 is 2.28 bits per heavy atom. The van der Waals surface area contributed by atoms with Crippen molar-refractivity contribution < 1.29 is 14.6 Å². The topological polar surface area (TPSA) is 70.6 Å². The molecule has 5 heteroatoms. The monoisotopic (exact) mass is 252 g/mol. The highest BCUT2D eigenvalue weighted by Gasteiger charge is 2.04. The minimum absolute atomic E-state index is 0.256. The quantitative estimate of drug-likeness (QED) is 0.677. The highest BCUT2D eigenvalue weighted by atomic mass is 16.5. The van der Waals surface area contributed by atoms with Crippen molar-refractivity contribution in [3.8, 4) is 0 Å². The van der Waals surface area contributed by atoms with Crippen LogP contribution in [0.4, 0.5) is 10.5 Å². The van der Waals surface area contributed by atoms with E-state index in [-0.39, 0.29) is 6.03 Å². The maximum atomic E-state index is 11.5. The van der Waals surface area contributed by atoms with Crippen LogP contribution in [0, 0.1) is 0 Å². The lowest BCUT2D eigenvalue weighted by molar-refractivity contribution is 0.194. The van der Waals surface area contributed by atoms with E-state index in [1.807, 2.05) is 6.07 Å². The van der Waals surface area contributed by atoms with E-state index in [1.165, 1.54) is 0 Å². The number of carbonyl (C=O) groups is 1. The first kappa shape index (κ1) is 14.5. The largest absolute Gasteiger partial charge is 0.389 e. The molecule has 0 spiro atoms. The van der Waals surface area contributed by atoms with E-state index < -0.39 is 6.10 Å². The molecule has 0 saturated heterocycles. The molecule has 0 heterocycles. The van der Waals surface area contributed by atoms with E-state index in [0.717, 1.165) is 12.0 Å². The Bertz CT molecular complexity index is 380. The van der Waals surface area contributed by atoms with Crippen molar-refractivity contribution in [2.75, 3.05) is 25.6 Å². The number of carbonyl (C=O) groups excluding carboxylic acids is 1. The standard InChI is InChI=1S/C13H20N2O3/c1-10(16)11-5-3-6-12(9-11)15-13(17)14-7-4-8-18-2/h3,5-6,9-10,16H,4,7-8H2,1-2H3,(H2,14,15,17). The van der Waals surface area contributed by atoms with E-state index in [4.69, 9.17) is 4.74 Å². The first-order valence-corrected chi connectivity index (χ1v) is 5.95. The zero-order chi connectivity index (χ0) is 13.4. The van der Waals surface area contributed by atoms with Crippen molar-refractivity contribution >= 4 is 11.7 Å². The molecule has 1 rings (SSSR count). The Morgan fingerprint density at radius 1 is 1.50 bits per heavy atom. The second-order valence-corrected chi connectivity index (χ2v) is 4.03. The fourth-order valence-electron chi connectivity index (χ4n) is 1.47. The first-order valence-electron chi connectivity index (χ1n) is 5.95. The molecule has 3 N–H and O–H groups in total. The number of aliphatic hydroxyl groups excluding tert-OH is 1. The number of anilines is 1. The Morgan fingerprint density at radius 3 is 2.94 bits per heavy atom. The number of hydrogen-bond donors (Lipinski definition) is 3. The predicted molar refractivity (Wildman–Crippen MR) is 70.6 cm³/mol. The van der Waals surface area contributed by atoms with Gasteiger partial charge in [-0.3, -0.25) is 0 Å². The molecule has 1 aromatic rings. The number of nitrogens with one attached hydrogen (secondary N) is 2. The van der Waals surface area contributed by atoms with Crippen LogP contribution in [0.15, 0.2) is 24.3 Å². The van der Waals surface area contributed by atoms with Crippen LogP contribution in [0.1, 0.15) is 25.0 Å². The zero-order valence-corrected chi connectivity index (χ0v) is 10.8. The van der Waals surface area contributed by atoms with Crippen LogP contribution in [0.5, 0.6) is 0 Å². The Kier molecular flexibility index (Phi) is 6.18. The minimum atomic E-state index is -0.545. The van der Waals surface area contributed by atoms with E-state index >= 15 is 0 Å². The Labute approximate surface area is 107 Å². The maximum absolute atomic E-state index is 11.5. The molecule has 0 aliphatic heterocycles. The van der Waals surface area contributed by atoms with E-state index in [0.29, 0.717) is 18.8 Å². The molecular weight excluding hydrogens is 232 g/mol. The van der Waals surface area contributed by atoms with Crippen LogP contribution < -0.4 is 10.6 Å². The molecule has 5 nitrogen and oxygen atoms in total. The van der Waals surface area contributed by atoms with Crippen LogP contribution in [0.3, 0.4) is 0 Å². The molecule has 0 bridgehead atoms. The summed E-state index contributed by atoms with van der Waals surface area (Å²) in [5, 5.41) is 14.9. The van der Waals surface area contributed by atoms with Gasteiger partial charge in [-0.15, -0.1) is 0 Å². The van der Waals surface area contributed by atoms with Crippen molar-refractivity contribution in [2.45, 2.75) is 19.4 Å². The summed E-state index contributed by atoms with van der Waals surface area (Å²) in [5.41, 5.74) is 1.44. The van der Waals surface area contributed by atoms with Crippen LogP contribution in [-0.4, -0.2) is 31.4 Å². The van der Waals surface area contributed by atoms with Crippen molar-refractivity contribution in [3.63, 3.8) is 0 Å². The summed E-state index contributed by atoms with van der Waals surface area (Å²) in [7, 11) is 1.63. The lowest BCUT2D eigenvalue weighted by atomic mass is 10.1. The fraction of sp³-hybridized carbons (Fsp3) is 0.462. The molecule has 0 aromatic heterocycles. The van der Waals surface area contributed by atoms with Gasteiger partial charge in [0, 0.05) is 25.9 Å². The molecule has 1 aromatic carbocycles. The maximum Gasteiger partial charge on any atom is 0.319 e. The number of hydrogen-bond acceptors (Lipinski definition) is 3. The van der Waals surface area contributed by atoms with Gasteiger partial charge in [0.05, 0.1) is 6.10 Å². The molecule has 100 valence electrons. The second kappa shape index (κ2) is 7.68. The number of amides is 2. The Balaban J connectivity index is 2.41. The van der Waals surface area contributed by atoms with Gasteiger partial charge in [-0.2, -0.15) is 0 Å². The summed E-state index contributed by atoms with van der Waals surface area (Å²) in [5.74, 6) is 0. The highest BCUT2D eigenvalue weighted by molar-refractivity contribution is 5.89. The van der Waals surface area contributed by atoms with Gasteiger partial charge in [0.25, 0.3) is 0 Å². The van der Waals surface area contributed by atoms with E-state index in [2.05, 4.69) is 10.6 Å². The third-order valence-corrected chi connectivity index (χ3v) is 2.44. The average molecular weight is 252 g/mol. The fourth-order valence-corrected chi connectivity index (χ4v) is 1.47. The molecule has 0 aliphatic rings. The lowest BCUT2D eigenvalue weighted by Crippen LogP contribution is -2.30. The van der Waals surface area contributed by atoms with Gasteiger partial charge in [-0.1, -0.05) is 12.1 Å². The number of benzene rings is 1. The molecule has 0 aliphatic carbocycles. The normalized spacial score (nSPS) is 11.9. The number of urea groups is 1. The zero-order valence-electron chi connectivity index (χ0n) is 10.8. The smallest absolute Gasteiger partial charge is 0.319 e. The van der Waals surface area contributed by atoms with Crippen molar-refractivity contribution in [3.05, 3.63) is 29.8 Å². The summed E-state index contributed by atoms with van der Waals surface area (Å²) in [4.78, 5) is 11.5. The van der Waals surface area contributed by atoms with Gasteiger partial charge >= 0.3 is 6.03 Å². The van der Waals surface area contributed by atoms with Crippen LogP contribution in [-0.2, 0) is 4.74 Å². The van der Waals surface area contributed by atoms with Crippen LogP contribution >= 0.6 is 0 Å². The van der Waals surface area contributed by atoms with Crippen molar-refractivity contribution in [1.29, 1.82) is 0 Å².